The first-order valence-electron chi connectivity index (χ1n) is 5.03. The molecule has 0 radical (unpaired) electrons. The highest BCUT2D eigenvalue weighted by molar-refractivity contribution is 5.46. The minimum Gasteiger partial charge on any atom is -0.398 e. The van der Waals surface area contributed by atoms with E-state index in [1.54, 1.807) is 0 Å². The van der Waals surface area contributed by atoms with Gasteiger partial charge in [0.15, 0.2) is 0 Å². The van der Waals surface area contributed by atoms with Crippen LogP contribution in [0.5, 0.6) is 0 Å². The molecule has 0 fully saturated rings. The number of nitrogens with one attached hydrogen (secondary N) is 2. The van der Waals surface area contributed by atoms with E-state index < -0.39 is 0 Å². The van der Waals surface area contributed by atoms with E-state index in [2.05, 4.69) is 16.7 Å². The fraction of sp³-hybridized carbons (Fsp3) is 0.455. The number of nitrogen functional groups attached to an aromatic ring is 1. The molecule has 0 saturated carbocycles. The van der Waals surface area contributed by atoms with Crippen LogP contribution in [-0.4, -0.2) is 20.1 Å². The Hall–Kier alpha value is -1.06. The van der Waals surface area contributed by atoms with Crippen molar-refractivity contribution in [2.45, 2.75) is 13.0 Å². The van der Waals surface area contributed by atoms with Gasteiger partial charge in [0.05, 0.1) is 0 Å². The van der Waals surface area contributed by atoms with Crippen LogP contribution in [0.4, 0.5) is 5.69 Å². The molecule has 0 bridgehead atoms. The van der Waals surface area contributed by atoms with Crippen molar-refractivity contribution in [1.82, 2.24) is 10.6 Å². The third-order valence-corrected chi connectivity index (χ3v) is 2.15. The smallest absolute Gasteiger partial charge is 0.0359 e. The summed E-state index contributed by atoms with van der Waals surface area (Å²) in [4.78, 5) is 0. The van der Waals surface area contributed by atoms with Crippen molar-refractivity contribution >= 4 is 5.69 Å². The number of anilines is 1. The summed E-state index contributed by atoms with van der Waals surface area (Å²) in [5.41, 5.74) is 7.86. The Morgan fingerprint density at radius 3 is 2.71 bits per heavy atom. The third kappa shape index (κ3) is 3.77. The van der Waals surface area contributed by atoms with Crippen LogP contribution in [0.3, 0.4) is 0 Å². The maximum Gasteiger partial charge on any atom is 0.0359 e. The lowest BCUT2D eigenvalue weighted by Crippen LogP contribution is -2.19. The first-order valence-corrected chi connectivity index (χ1v) is 5.03. The van der Waals surface area contributed by atoms with Gasteiger partial charge in [-0.3, -0.25) is 0 Å². The fourth-order valence-electron chi connectivity index (χ4n) is 1.31. The molecule has 0 aliphatic heterocycles. The van der Waals surface area contributed by atoms with Gasteiger partial charge in [0.25, 0.3) is 0 Å². The molecule has 14 heavy (non-hydrogen) atoms. The van der Waals surface area contributed by atoms with Crippen molar-refractivity contribution in [2.75, 3.05) is 25.9 Å². The SMILES string of the molecule is CNCCCNCc1ccccc1N. The van der Waals surface area contributed by atoms with Gasteiger partial charge in [-0.05, 0) is 38.2 Å². The van der Waals surface area contributed by atoms with Gasteiger partial charge >= 0.3 is 0 Å². The zero-order chi connectivity index (χ0) is 10.2. The van der Waals surface area contributed by atoms with Gasteiger partial charge in [-0.15, -0.1) is 0 Å². The summed E-state index contributed by atoms with van der Waals surface area (Å²) in [6.45, 7) is 2.93. The minimum absolute atomic E-state index is 0.858. The van der Waals surface area contributed by atoms with Crippen LogP contribution in [0, 0.1) is 0 Å². The van der Waals surface area contributed by atoms with Crippen LogP contribution >= 0.6 is 0 Å². The molecule has 1 rings (SSSR count). The van der Waals surface area contributed by atoms with E-state index in [1.807, 2.05) is 25.2 Å². The Balaban J connectivity index is 2.21. The number of para-hydroxylation sites is 1. The van der Waals surface area contributed by atoms with Crippen LogP contribution in [0.25, 0.3) is 0 Å². The van der Waals surface area contributed by atoms with E-state index in [0.717, 1.165) is 31.7 Å². The van der Waals surface area contributed by atoms with Crippen molar-refractivity contribution in [1.29, 1.82) is 0 Å². The van der Waals surface area contributed by atoms with E-state index >= 15 is 0 Å². The summed E-state index contributed by atoms with van der Waals surface area (Å²) in [5.74, 6) is 0. The lowest BCUT2D eigenvalue weighted by molar-refractivity contribution is 0.626. The Morgan fingerprint density at radius 2 is 2.00 bits per heavy atom. The summed E-state index contributed by atoms with van der Waals surface area (Å²) in [5, 5.41) is 6.47. The number of hydrogen-bond donors (Lipinski definition) is 3. The van der Waals surface area contributed by atoms with Gasteiger partial charge in [0, 0.05) is 12.2 Å². The molecular weight excluding hydrogens is 174 g/mol. The Labute approximate surface area is 85.7 Å². The van der Waals surface area contributed by atoms with Gasteiger partial charge in [-0.1, -0.05) is 18.2 Å². The Morgan fingerprint density at radius 1 is 1.21 bits per heavy atom. The van der Waals surface area contributed by atoms with Gasteiger partial charge in [0.1, 0.15) is 0 Å². The molecule has 0 amide bonds. The van der Waals surface area contributed by atoms with Crippen LogP contribution < -0.4 is 16.4 Å². The highest BCUT2D eigenvalue weighted by Crippen LogP contribution is 2.09. The molecule has 1 aromatic rings. The lowest BCUT2D eigenvalue weighted by atomic mass is 10.2. The second-order valence-corrected chi connectivity index (χ2v) is 3.33. The highest BCUT2D eigenvalue weighted by Gasteiger charge is 1.95. The Bertz CT molecular complexity index is 260. The molecular formula is C11H19N3. The van der Waals surface area contributed by atoms with E-state index in [1.165, 1.54) is 5.56 Å². The molecule has 3 heteroatoms. The maximum absolute atomic E-state index is 5.81. The molecule has 0 heterocycles. The van der Waals surface area contributed by atoms with Crippen molar-refractivity contribution in [3.05, 3.63) is 29.8 Å². The number of rotatable bonds is 6. The summed E-state index contributed by atoms with van der Waals surface area (Å²) in [6.07, 6.45) is 1.14. The van der Waals surface area contributed by atoms with Gasteiger partial charge < -0.3 is 16.4 Å². The lowest BCUT2D eigenvalue weighted by Gasteiger charge is -2.06. The van der Waals surface area contributed by atoms with Crippen LogP contribution in [0.2, 0.25) is 0 Å². The number of nitrogens with two attached hydrogens (primary N) is 1. The molecule has 4 N–H and O–H groups in total. The molecule has 0 aromatic heterocycles. The zero-order valence-electron chi connectivity index (χ0n) is 8.72. The Kier molecular flexibility index (Phi) is 5.04. The summed E-state index contributed by atoms with van der Waals surface area (Å²) >= 11 is 0. The van der Waals surface area contributed by atoms with Gasteiger partial charge in [-0.2, -0.15) is 0 Å². The molecule has 0 spiro atoms. The summed E-state index contributed by atoms with van der Waals surface area (Å²) in [6, 6.07) is 7.96. The summed E-state index contributed by atoms with van der Waals surface area (Å²) in [7, 11) is 1.97. The van der Waals surface area contributed by atoms with E-state index in [4.69, 9.17) is 5.73 Å². The fourth-order valence-corrected chi connectivity index (χ4v) is 1.31. The maximum atomic E-state index is 5.81. The first kappa shape index (κ1) is 11.0. The van der Waals surface area contributed by atoms with Crippen LogP contribution in [0.1, 0.15) is 12.0 Å². The topological polar surface area (TPSA) is 50.1 Å². The van der Waals surface area contributed by atoms with Crippen LogP contribution in [0.15, 0.2) is 24.3 Å². The molecule has 0 atom stereocenters. The van der Waals surface area contributed by atoms with Gasteiger partial charge in [-0.25, -0.2) is 0 Å². The van der Waals surface area contributed by atoms with Crippen molar-refractivity contribution in [3.8, 4) is 0 Å². The second-order valence-electron chi connectivity index (χ2n) is 3.33. The zero-order valence-corrected chi connectivity index (χ0v) is 8.72. The average molecular weight is 193 g/mol. The monoisotopic (exact) mass is 193 g/mol. The number of benzene rings is 1. The molecule has 0 aliphatic carbocycles. The van der Waals surface area contributed by atoms with Crippen molar-refractivity contribution < 1.29 is 0 Å². The predicted molar refractivity (Wildman–Crippen MR) is 61.1 cm³/mol. The number of hydrogen-bond acceptors (Lipinski definition) is 3. The van der Waals surface area contributed by atoms with Crippen LogP contribution in [-0.2, 0) is 6.54 Å². The third-order valence-electron chi connectivity index (χ3n) is 2.15. The second kappa shape index (κ2) is 6.40. The quantitative estimate of drug-likeness (QED) is 0.466. The average Bonchev–Trinajstić information content (AvgIpc) is 2.20. The molecule has 0 unspecified atom stereocenters. The van der Waals surface area contributed by atoms with Crippen molar-refractivity contribution in [3.63, 3.8) is 0 Å². The highest BCUT2D eigenvalue weighted by atomic mass is 14.9. The normalized spacial score (nSPS) is 10.4. The molecule has 78 valence electrons. The standard InChI is InChI=1S/C11H19N3/c1-13-7-4-8-14-9-10-5-2-3-6-11(10)12/h2-3,5-6,13-14H,4,7-9,12H2,1H3. The predicted octanol–water partition coefficient (Wildman–Crippen LogP) is 0.968. The largest absolute Gasteiger partial charge is 0.398 e. The van der Waals surface area contributed by atoms with E-state index in [-0.39, 0.29) is 0 Å². The van der Waals surface area contributed by atoms with Gasteiger partial charge in [0.2, 0.25) is 0 Å². The first-order chi connectivity index (χ1) is 6.84. The molecule has 0 aliphatic rings. The van der Waals surface area contributed by atoms with E-state index in [9.17, 15) is 0 Å². The molecule has 3 nitrogen and oxygen atoms in total. The summed E-state index contributed by atoms with van der Waals surface area (Å²) < 4.78 is 0. The minimum atomic E-state index is 0.858. The molecule has 0 saturated heterocycles. The van der Waals surface area contributed by atoms with Crippen molar-refractivity contribution in [2.24, 2.45) is 0 Å². The van der Waals surface area contributed by atoms with E-state index in [0.29, 0.717) is 0 Å². The molecule has 1 aromatic carbocycles.